The SMILES string of the molecule is Cc1ccc(-c2csc3ncnc(N(C)CC(=O)NC4CC4)c23)cc1. The molecule has 1 saturated carbocycles. The fourth-order valence-corrected chi connectivity index (χ4v) is 3.80. The van der Waals surface area contributed by atoms with Crippen LogP contribution < -0.4 is 10.2 Å². The molecular formula is C19H20N4OS. The molecule has 0 atom stereocenters. The standard InChI is InChI=1S/C19H20N4OS/c1-12-3-5-13(6-4-12)15-10-25-19-17(15)18(20-11-21-19)23(2)9-16(24)22-14-7-8-14/h3-6,10-11,14H,7-9H2,1-2H3,(H,22,24). The van der Waals surface area contributed by atoms with Crippen LogP contribution in [0.15, 0.2) is 36.0 Å². The van der Waals surface area contributed by atoms with Crippen LogP contribution in [0.1, 0.15) is 18.4 Å². The molecule has 1 amide bonds. The second kappa shape index (κ2) is 6.44. The van der Waals surface area contributed by atoms with Gasteiger partial charge < -0.3 is 10.2 Å². The van der Waals surface area contributed by atoms with Crippen LogP contribution >= 0.6 is 11.3 Å². The number of anilines is 1. The maximum atomic E-state index is 12.2. The number of likely N-dealkylation sites (N-methyl/N-ethyl adjacent to an activating group) is 1. The summed E-state index contributed by atoms with van der Waals surface area (Å²) in [6.45, 7) is 2.38. The highest BCUT2D eigenvalue weighted by Crippen LogP contribution is 2.37. The van der Waals surface area contributed by atoms with Gasteiger partial charge in [0.2, 0.25) is 5.91 Å². The average Bonchev–Trinajstić information content (AvgIpc) is 3.30. The number of rotatable bonds is 5. The third kappa shape index (κ3) is 3.35. The lowest BCUT2D eigenvalue weighted by atomic mass is 10.0. The maximum absolute atomic E-state index is 12.2. The molecule has 1 N–H and O–H groups in total. The molecule has 0 aliphatic heterocycles. The van der Waals surface area contributed by atoms with E-state index in [2.05, 4.69) is 51.9 Å². The molecule has 2 heterocycles. The average molecular weight is 352 g/mol. The van der Waals surface area contributed by atoms with Gasteiger partial charge in [0.05, 0.1) is 11.9 Å². The van der Waals surface area contributed by atoms with Crippen LogP contribution in [0.3, 0.4) is 0 Å². The molecule has 0 spiro atoms. The van der Waals surface area contributed by atoms with Crippen LogP contribution in [-0.2, 0) is 4.79 Å². The molecule has 3 aromatic rings. The Bertz CT molecular complexity index is 915. The number of carbonyl (C=O) groups excluding carboxylic acids is 1. The Balaban J connectivity index is 1.69. The molecule has 1 fully saturated rings. The number of nitrogens with one attached hydrogen (secondary N) is 1. The number of hydrogen-bond donors (Lipinski definition) is 1. The fraction of sp³-hybridized carbons (Fsp3) is 0.316. The highest BCUT2D eigenvalue weighted by molar-refractivity contribution is 7.17. The molecule has 128 valence electrons. The summed E-state index contributed by atoms with van der Waals surface area (Å²) < 4.78 is 0. The van der Waals surface area contributed by atoms with Gasteiger partial charge in [0.1, 0.15) is 17.0 Å². The van der Waals surface area contributed by atoms with Crippen LogP contribution in [0.2, 0.25) is 0 Å². The van der Waals surface area contributed by atoms with E-state index in [9.17, 15) is 4.79 Å². The van der Waals surface area contributed by atoms with E-state index < -0.39 is 0 Å². The number of fused-ring (bicyclic) bond motifs is 1. The van der Waals surface area contributed by atoms with Crippen molar-refractivity contribution in [3.8, 4) is 11.1 Å². The molecule has 4 rings (SSSR count). The molecule has 1 aromatic carbocycles. The Kier molecular flexibility index (Phi) is 4.13. The van der Waals surface area contributed by atoms with Gasteiger partial charge >= 0.3 is 0 Å². The van der Waals surface area contributed by atoms with E-state index in [0.29, 0.717) is 12.6 Å². The predicted octanol–water partition coefficient (Wildman–Crippen LogP) is 3.38. The van der Waals surface area contributed by atoms with Gasteiger partial charge in [0.25, 0.3) is 0 Å². The highest BCUT2D eigenvalue weighted by atomic mass is 32.1. The summed E-state index contributed by atoms with van der Waals surface area (Å²) in [5.74, 6) is 0.844. The molecule has 0 saturated heterocycles. The van der Waals surface area contributed by atoms with Crippen LogP contribution in [0, 0.1) is 6.92 Å². The lowest BCUT2D eigenvalue weighted by Gasteiger charge is -2.19. The van der Waals surface area contributed by atoms with E-state index in [1.165, 1.54) is 5.56 Å². The minimum atomic E-state index is 0.0453. The van der Waals surface area contributed by atoms with Crippen molar-refractivity contribution >= 4 is 33.3 Å². The third-order valence-electron chi connectivity index (χ3n) is 4.40. The number of nitrogens with zero attached hydrogens (tertiary/aromatic N) is 3. The first-order valence-corrected chi connectivity index (χ1v) is 9.29. The van der Waals surface area contributed by atoms with Crippen molar-refractivity contribution in [1.82, 2.24) is 15.3 Å². The minimum absolute atomic E-state index is 0.0453. The van der Waals surface area contributed by atoms with Crippen LogP contribution in [0.25, 0.3) is 21.3 Å². The molecule has 1 aliphatic rings. The molecule has 25 heavy (non-hydrogen) atoms. The van der Waals surface area contributed by atoms with E-state index in [4.69, 9.17) is 0 Å². The smallest absolute Gasteiger partial charge is 0.239 e. The van der Waals surface area contributed by atoms with Gasteiger partial charge in [-0.05, 0) is 25.3 Å². The second-order valence-corrected chi connectivity index (χ2v) is 7.45. The molecule has 0 radical (unpaired) electrons. The first-order valence-electron chi connectivity index (χ1n) is 8.41. The number of benzene rings is 1. The molecular weight excluding hydrogens is 332 g/mol. The van der Waals surface area contributed by atoms with Crippen molar-refractivity contribution in [2.45, 2.75) is 25.8 Å². The van der Waals surface area contributed by atoms with Gasteiger partial charge in [0.15, 0.2) is 0 Å². The van der Waals surface area contributed by atoms with Gasteiger partial charge in [-0.3, -0.25) is 4.79 Å². The van der Waals surface area contributed by atoms with Crippen molar-refractivity contribution in [1.29, 1.82) is 0 Å². The molecule has 5 nitrogen and oxygen atoms in total. The summed E-state index contributed by atoms with van der Waals surface area (Å²) in [7, 11) is 1.91. The van der Waals surface area contributed by atoms with Gasteiger partial charge in [-0.15, -0.1) is 11.3 Å². The van der Waals surface area contributed by atoms with Gasteiger partial charge in [-0.1, -0.05) is 29.8 Å². The molecule has 1 aliphatic carbocycles. The van der Waals surface area contributed by atoms with Crippen LogP contribution in [0.4, 0.5) is 5.82 Å². The largest absolute Gasteiger partial charge is 0.352 e. The lowest BCUT2D eigenvalue weighted by molar-refractivity contribution is -0.119. The summed E-state index contributed by atoms with van der Waals surface area (Å²) in [5.41, 5.74) is 3.49. The zero-order valence-corrected chi connectivity index (χ0v) is 15.1. The predicted molar refractivity (Wildman–Crippen MR) is 102 cm³/mol. The van der Waals surface area contributed by atoms with Gasteiger partial charge in [-0.2, -0.15) is 0 Å². The van der Waals surface area contributed by atoms with Crippen LogP contribution in [0.5, 0.6) is 0 Å². The van der Waals surface area contributed by atoms with Crippen molar-refractivity contribution in [3.05, 3.63) is 41.5 Å². The maximum Gasteiger partial charge on any atom is 0.239 e. The Morgan fingerprint density at radius 2 is 2.04 bits per heavy atom. The first kappa shape index (κ1) is 16.0. The highest BCUT2D eigenvalue weighted by Gasteiger charge is 2.24. The summed E-state index contributed by atoms with van der Waals surface area (Å²) in [6, 6.07) is 8.82. The minimum Gasteiger partial charge on any atom is -0.352 e. The zero-order valence-electron chi connectivity index (χ0n) is 14.3. The van der Waals surface area contributed by atoms with Crippen molar-refractivity contribution in [2.24, 2.45) is 0 Å². The lowest BCUT2D eigenvalue weighted by Crippen LogP contribution is -2.36. The number of aryl methyl sites for hydroxylation is 1. The van der Waals surface area contributed by atoms with E-state index >= 15 is 0 Å². The van der Waals surface area contributed by atoms with E-state index in [1.807, 2.05) is 11.9 Å². The van der Waals surface area contributed by atoms with Crippen molar-refractivity contribution in [2.75, 3.05) is 18.5 Å². The Morgan fingerprint density at radius 1 is 1.28 bits per heavy atom. The topological polar surface area (TPSA) is 58.1 Å². The van der Waals surface area contributed by atoms with E-state index in [1.54, 1.807) is 17.7 Å². The Labute approximate surface area is 150 Å². The second-order valence-electron chi connectivity index (χ2n) is 6.59. The molecule has 0 unspecified atom stereocenters. The first-order chi connectivity index (χ1) is 12.1. The Morgan fingerprint density at radius 3 is 2.76 bits per heavy atom. The molecule has 6 heteroatoms. The summed E-state index contributed by atoms with van der Waals surface area (Å²) in [6.07, 6.45) is 3.76. The quantitative estimate of drug-likeness (QED) is 0.765. The Hall–Kier alpha value is -2.47. The molecule has 2 aromatic heterocycles. The van der Waals surface area contributed by atoms with Gasteiger partial charge in [-0.25, -0.2) is 9.97 Å². The van der Waals surface area contributed by atoms with Crippen molar-refractivity contribution in [3.63, 3.8) is 0 Å². The third-order valence-corrected chi connectivity index (χ3v) is 5.28. The summed E-state index contributed by atoms with van der Waals surface area (Å²) in [5, 5.41) is 6.16. The van der Waals surface area contributed by atoms with E-state index in [0.717, 1.165) is 40.0 Å². The number of thiophene rings is 1. The number of hydrogen-bond acceptors (Lipinski definition) is 5. The zero-order chi connectivity index (χ0) is 17.4. The van der Waals surface area contributed by atoms with Crippen molar-refractivity contribution < 1.29 is 4.79 Å². The number of carbonyl (C=O) groups is 1. The normalized spacial score (nSPS) is 13.8. The number of amides is 1. The summed E-state index contributed by atoms with van der Waals surface area (Å²) >= 11 is 1.61. The fourth-order valence-electron chi connectivity index (χ4n) is 2.89. The van der Waals surface area contributed by atoms with Gasteiger partial charge in [0, 0.05) is 24.0 Å². The number of aromatic nitrogens is 2. The monoisotopic (exact) mass is 352 g/mol. The summed E-state index contributed by atoms with van der Waals surface area (Å²) in [4.78, 5) is 23.9. The van der Waals surface area contributed by atoms with E-state index in [-0.39, 0.29) is 5.91 Å². The molecule has 0 bridgehead atoms. The van der Waals surface area contributed by atoms with Crippen LogP contribution in [-0.4, -0.2) is 35.5 Å².